The lowest BCUT2D eigenvalue weighted by Gasteiger charge is -2.02. The Hall–Kier alpha value is -4.68. The van der Waals surface area contributed by atoms with Gasteiger partial charge in [0, 0.05) is 0 Å². The molecule has 0 saturated carbocycles. The normalized spacial score (nSPS) is 7.76. The predicted octanol–water partition coefficient (Wildman–Crippen LogP) is 24.8. The van der Waals surface area contributed by atoms with Crippen LogP contribution < -0.4 is 0 Å². The van der Waals surface area contributed by atoms with Gasteiger partial charge >= 0.3 is 0 Å². The second-order valence-corrected chi connectivity index (χ2v) is 14.8. The molecule has 0 bridgehead atoms. The molecule has 0 spiro atoms. The maximum absolute atomic E-state index is 2.24. The summed E-state index contributed by atoms with van der Waals surface area (Å²) in [5.74, 6) is 2.30. The Balaban J connectivity index is -0.0000000719. The number of hydrogen-bond donors (Lipinski definition) is 0. The maximum atomic E-state index is 2.24. The van der Waals surface area contributed by atoms with Gasteiger partial charge in [0.25, 0.3) is 0 Å². The summed E-state index contributed by atoms with van der Waals surface area (Å²) in [4.78, 5) is 0. The van der Waals surface area contributed by atoms with Crippen molar-refractivity contribution in [1.29, 1.82) is 0 Å². The standard InChI is InChI=1S/3C10H14.3C6H6.3C3H8.6C2H6.CH4/c3*1-9(2)8-10-6-4-3-5-7-10;3*1-2-4-6-5-3-1;3*1-3-2;6*1-2;/h3*3-7,9H,8H2,1-2H3;3*1-6H;3*3H2,1-2H3;6*1-2H3;1H4. The van der Waals surface area contributed by atoms with Crippen LogP contribution in [0.1, 0.15) is 210 Å². The predicted molar refractivity (Wildman–Crippen MR) is 337 cm³/mol. The Labute approximate surface area is 444 Å². The maximum Gasteiger partial charge on any atom is -0.0256 e. The molecule has 0 heteroatoms. The first-order valence-electron chi connectivity index (χ1n) is 27.7. The highest BCUT2D eigenvalue weighted by Crippen LogP contribution is 2.08. The molecule has 0 saturated heterocycles. The van der Waals surface area contributed by atoms with Gasteiger partial charge < -0.3 is 0 Å². The number of rotatable bonds is 6. The van der Waals surface area contributed by atoms with Gasteiger partial charge in [-0.2, -0.15) is 0 Å². The van der Waals surface area contributed by atoms with Gasteiger partial charge in [-0.05, 0) is 53.7 Å². The first kappa shape index (κ1) is 88.3. The van der Waals surface area contributed by atoms with Crippen LogP contribution in [0.15, 0.2) is 200 Å². The Kier molecular flexibility index (Phi) is 119. The minimum Gasteiger partial charge on any atom is -0.0776 e. The van der Waals surface area contributed by atoms with E-state index in [-0.39, 0.29) is 7.43 Å². The van der Waals surface area contributed by atoms with Crippen molar-refractivity contribution in [1.82, 2.24) is 0 Å². The molecule has 0 heterocycles. The van der Waals surface area contributed by atoms with Gasteiger partial charge in [0.1, 0.15) is 0 Å². The Morgan fingerprint density at radius 1 is 0.214 bits per heavy atom. The Morgan fingerprint density at radius 3 is 0.386 bits per heavy atom. The zero-order valence-electron chi connectivity index (χ0n) is 50.5. The molecule has 0 amide bonds. The van der Waals surface area contributed by atoms with E-state index in [1.54, 1.807) is 0 Å². The molecular weight excluding hydrogens is 841 g/mol. The fraction of sp³-hybridized carbons (Fsp3) is 0.486. The highest BCUT2D eigenvalue weighted by Gasteiger charge is 1.95. The fourth-order valence-corrected chi connectivity index (χ4v) is 4.41. The van der Waals surface area contributed by atoms with Crippen LogP contribution in [0, 0.1) is 17.8 Å². The molecule has 6 aromatic rings. The minimum absolute atomic E-state index is 0. The summed E-state index contributed by atoms with van der Waals surface area (Å²) in [6.45, 7) is 50.2. The van der Waals surface area contributed by atoms with Crippen LogP contribution in [-0.2, 0) is 19.3 Å². The SMILES string of the molecule is C.CC.CC.CC.CC.CC.CC.CC(C)Cc1ccccc1.CC(C)Cc1ccccc1.CC(C)Cc1ccccc1.CCC.CCC.CCC.c1ccccc1.c1ccccc1.c1ccccc1. The van der Waals surface area contributed by atoms with Gasteiger partial charge in [-0.1, -0.05) is 393 Å². The van der Waals surface area contributed by atoms with Crippen molar-refractivity contribution in [2.24, 2.45) is 17.8 Å². The molecule has 0 fully saturated rings. The van der Waals surface area contributed by atoms with Crippen LogP contribution in [0.2, 0.25) is 0 Å². The quantitative estimate of drug-likeness (QED) is 0.156. The van der Waals surface area contributed by atoms with Crippen molar-refractivity contribution in [2.75, 3.05) is 0 Å². The largest absolute Gasteiger partial charge is 0.0776 e. The summed E-state index contributed by atoms with van der Waals surface area (Å²) in [5.41, 5.74) is 4.33. The molecule has 0 aliphatic rings. The van der Waals surface area contributed by atoms with E-state index in [2.05, 4.69) is 174 Å². The molecule has 0 N–H and O–H groups in total. The van der Waals surface area contributed by atoms with Crippen LogP contribution in [0.25, 0.3) is 0 Å². The highest BCUT2D eigenvalue weighted by atomic mass is 14.0. The van der Waals surface area contributed by atoms with E-state index in [1.165, 1.54) is 55.2 Å². The van der Waals surface area contributed by atoms with E-state index in [0.29, 0.717) is 0 Å². The summed E-state index contributed by atoms with van der Waals surface area (Å²) in [6, 6.07) is 67.8. The molecule has 0 aliphatic carbocycles. The van der Waals surface area contributed by atoms with Gasteiger partial charge in [-0.3, -0.25) is 0 Å². The molecule has 6 rings (SSSR count). The minimum atomic E-state index is 0. The third kappa shape index (κ3) is 101. The molecule has 6 aromatic carbocycles. The van der Waals surface area contributed by atoms with Crippen LogP contribution in [0.3, 0.4) is 0 Å². The van der Waals surface area contributed by atoms with Crippen LogP contribution >= 0.6 is 0 Å². The molecule has 0 aliphatic heterocycles. The highest BCUT2D eigenvalue weighted by molar-refractivity contribution is 5.16. The van der Waals surface area contributed by atoms with E-state index in [4.69, 9.17) is 0 Å². The van der Waals surface area contributed by atoms with E-state index in [0.717, 1.165) is 17.8 Å². The monoisotopic (exact) mass is 965 g/mol. The van der Waals surface area contributed by atoms with Crippen molar-refractivity contribution in [3.63, 3.8) is 0 Å². The number of benzene rings is 6. The third-order valence-electron chi connectivity index (χ3n) is 6.46. The van der Waals surface area contributed by atoms with Crippen molar-refractivity contribution in [3.05, 3.63) is 217 Å². The summed E-state index contributed by atoms with van der Waals surface area (Å²) in [5, 5.41) is 0. The summed E-state index contributed by atoms with van der Waals surface area (Å²) in [6.07, 6.45) is 7.34. The van der Waals surface area contributed by atoms with Gasteiger partial charge in [-0.25, -0.2) is 0 Å². The lowest BCUT2D eigenvalue weighted by Crippen LogP contribution is -1.92. The Bertz CT molecular complexity index is 1190. The second-order valence-electron chi connectivity index (χ2n) is 14.8. The molecule has 0 nitrogen and oxygen atoms in total. The van der Waals surface area contributed by atoms with Gasteiger partial charge in [0.15, 0.2) is 0 Å². The fourth-order valence-electron chi connectivity index (χ4n) is 4.41. The Morgan fingerprint density at radius 2 is 0.300 bits per heavy atom. The van der Waals surface area contributed by atoms with Crippen molar-refractivity contribution in [2.45, 2.75) is 212 Å². The van der Waals surface area contributed by atoms with E-state index in [9.17, 15) is 0 Å². The van der Waals surface area contributed by atoms with Crippen LogP contribution in [0.4, 0.5) is 0 Å². The topological polar surface area (TPSA) is 0 Å². The van der Waals surface area contributed by atoms with Gasteiger partial charge in [0.2, 0.25) is 0 Å². The molecule has 0 aromatic heterocycles. The van der Waals surface area contributed by atoms with Gasteiger partial charge in [0.05, 0.1) is 0 Å². The van der Waals surface area contributed by atoms with Crippen molar-refractivity contribution in [3.8, 4) is 0 Å². The zero-order valence-corrected chi connectivity index (χ0v) is 50.5. The van der Waals surface area contributed by atoms with Crippen LogP contribution in [0.5, 0.6) is 0 Å². The summed E-state index contributed by atoms with van der Waals surface area (Å²) >= 11 is 0. The molecule has 70 heavy (non-hydrogen) atoms. The smallest absolute Gasteiger partial charge is 0.0256 e. The van der Waals surface area contributed by atoms with E-state index >= 15 is 0 Å². The summed E-state index contributed by atoms with van der Waals surface area (Å²) < 4.78 is 0. The van der Waals surface area contributed by atoms with E-state index < -0.39 is 0 Å². The number of hydrogen-bond acceptors (Lipinski definition) is 0. The second kappa shape index (κ2) is 94.2. The average Bonchev–Trinajstić information content (AvgIpc) is 3.41. The van der Waals surface area contributed by atoms with Crippen molar-refractivity contribution >= 4 is 0 Å². The molecule has 0 atom stereocenters. The van der Waals surface area contributed by atoms with E-state index in [1.807, 2.05) is 192 Å². The molecule has 404 valence electrons. The van der Waals surface area contributed by atoms with Gasteiger partial charge in [-0.15, -0.1) is 0 Å². The lowest BCUT2D eigenvalue weighted by atomic mass is 10.0. The first-order chi connectivity index (χ1) is 33.6. The molecular formula is C70H124. The lowest BCUT2D eigenvalue weighted by molar-refractivity contribution is 0.647. The van der Waals surface area contributed by atoms with Crippen molar-refractivity contribution < 1.29 is 0 Å². The summed E-state index contributed by atoms with van der Waals surface area (Å²) in [7, 11) is 0. The average molecular weight is 966 g/mol. The third-order valence-corrected chi connectivity index (χ3v) is 6.46. The van der Waals surface area contributed by atoms with Crippen LogP contribution in [-0.4, -0.2) is 0 Å². The molecule has 0 unspecified atom stereocenters. The zero-order chi connectivity index (χ0) is 55.0. The first-order valence-corrected chi connectivity index (χ1v) is 27.7. The molecule has 0 radical (unpaired) electrons.